The summed E-state index contributed by atoms with van der Waals surface area (Å²) in [4.78, 5) is 16.3. The van der Waals surface area contributed by atoms with Crippen LogP contribution in [0.15, 0.2) is 0 Å². The lowest BCUT2D eigenvalue weighted by Gasteiger charge is -2.58. The van der Waals surface area contributed by atoms with Gasteiger partial charge >= 0.3 is 0 Å². The fourth-order valence-electron chi connectivity index (χ4n) is 2.59. The maximum Gasteiger partial charge on any atom is 0.243 e. The quantitative estimate of drug-likeness (QED) is 0.766. The minimum Gasteiger partial charge on any atom is -0.378 e. The first-order chi connectivity index (χ1) is 8.66. The van der Waals surface area contributed by atoms with Gasteiger partial charge in [-0.2, -0.15) is 0 Å². The average molecular weight is 271 g/mol. The van der Waals surface area contributed by atoms with Gasteiger partial charge in [-0.1, -0.05) is 13.8 Å². The van der Waals surface area contributed by atoms with Gasteiger partial charge in [0.1, 0.15) is 5.54 Å². The second-order valence-electron chi connectivity index (χ2n) is 6.37. The lowest BCUT2D eigenvalue weighted by Crippen LogP contribution is -2.75. The first-order valence-electron chi connectivity index (χ1n) is 6.97. The van der Waals surface area contributed by atoms with E-state index in [2.05, 4.69) is 4.90 Å². The van der Waals surface area contributed by atoms with Crippen LogP contribution in [0.2, 0.25) is 0 Å². The highest BCUT2D eigenvalue weighted by atomic mass is 16.5. The van der Waals surface area contributed by atoms with Gasteiger partial charge in [-0.05, 0) is 21.0 Å². The average Bonchev–Trinajstić information content (AvgIpc) is 2.34. The minimum atomic E-state index is -0.798. The molecule has 112 valence electrons. The number of hydrogen-bond acceptors (Lipinski definition) is 4. The predicted octanol–water partition coefficient (Wildman–Crippen LogP) is 0.539. The molecule has 2 unspecified atom stereocenters. The fourth-order valence-corrected chi connectivity index (χ4v) is 2.59. The van der Waals surface area contributed by atoms with Crippen molar-refractivity contribution in [2.45, 2.75) is 38.8 Å². The Kier molecular flexibility index (Phi) is 4.98. The van der Waals surface area contributed by atoms with Crippen LogP contribution in [0.25, 0.3) is 0 Å². The second-order valence-corrected chi connectivity index (χ2v) is 6.37. The summed E-state index contributed by atoms with van der Waals surface area (Å²) >= 11 is 0. The summed E-state index contributed by atoms with van der Waals surface area (Å²) in [5.41, 5.74) is 5.26. The molecule has 0 spiro atoms. The van der Waals surface area contributed by atoms with Crippen molar-refractivity contribution < 1.29 is 9.53 Å². The first kappa shape index (κ1) is 16.4. The van der Waals surface area contributed by atoms with Crippen LogP contribution in [0.3, 0.4) is 0 Å². The highest BCUT2D eigenvalue weighted by molar-refractivity contribution is 5.88. The van der Waals surface area contributed by atoms with Crippen LogP contribution in [0, 0.1) is 5.41 Å². The maximum absolute atomic E-state index is 12.6. The summed E-state index contributed by atoms with van der Waals surface area (Å²) in [6.07, 6.45) is 0.688. The van der Waals surface area contributed by atoms with E-state index in [4.69, 9.17) is 10.5 Å². The monoisotopic (exact) mass is 271 g/mol. The molecule has 0 aliphatic heterocycles. The summed E-state index contributed by atoms with van der Waals surface area (Å²) in [6.45, 7) is 8.21. The summed E-state index contributed by atoms with van der Waals surface area (Å²) in [6, 6.07) is 0. The van der Waals surface area contributed by atoms with Crippen molar-refractivity contribution in [1.29, 1.82) is 0 Å². The Morgan fingerprint density at radius 2 is 1.89 bits per heavy atom. The largest absolute Gasteiger partial charge is 0.378 e. The molecule has 1 rings (SSSR count). The summed E-state index contributed by atoms with van der Waals surface area (Å²) in [5.74, 6) is 0.0234. The number of rotatable bonds is 6. The zero-order valence-corrected chi connectivity index (χ0v) is 13.2. The molecule has 0 saturated heterocycles. The van der Waals surface area contributed by atoms with Crippen LogP contribution >= 0.6 is 0 Å². The van der Waals surface area contributed by atoms with E-state index in [1.807, 2.05) is 41.9 Å². The van der Waals surface area contributed by atoms with E-state index in [1.54, 1.807) is 4.90 Å². The highest BCUT2D eigenvalue weighted by Gasteiger charge is 2.63. The van der Waals surface area contributed by atoms with Crippen molar-refractivity contribution in [1.82, 2.24) is 9.80 Å². The van der Waals surface area contributed by atoms with Gasteiger partial charge < -0.3 is 20.3 Å². The number of nitrogens with two attached hydrogens (primary N) is 1. The van der Waals surface area contributed by atoms with Crippen molar-refractivity contribution in [3.05, 3.63) is 0 Å². The molecule has 0 radical (unpaired) electrons. The second kappa shape index (κ2) is 5.77. The third kappa shape index (κ3) is 2.93. The van der Waals surface area contributed by atoms with E-state index in [0.717, 1.165) is 6.54 Å². The third-order valence-corrected chi connectivity index (χ3v) is 4.44. The first-order valence-corrected chi connectivity index (χ1v) is 6.97. The van der Waals surface area contributed by atoms with Crippen LogP contribution in [-0.2, 0) is 9.53 Å². The molecule has 0 heterocycles. The molecule has 1 saturated carbocycles. The number of ether oxygens (including phenoxy) is 1. The number of carbonyl (C=O) groups excluding carboxylic acids is 1. The molecule has 1 amide bonds. The van der Waals surface area contributed by atoms with Gasteiger partial charge in [0.05, 0.1) is 6.10 Å². The van der Waals surface area contributed by atoms with Crippen LogP contribution in [0.4, 0.5) is 0 Å². The lowest BCUT2D eigenvalue weighted by molar-refractivity contribution is -0.178. The van der Waals surface area contributed by atoms with Gasteiger partial charge in [-0.15, -0.1) is 0 Å². The van der Waals surface area contributed by atoms with Gasteiger partial charge in [0.2, 0.25) is 5.91 Å². The van der Waals surface area contributed by atoms with Gasteiger partial charge in [0.15, 0.2) is 0 Å². The van der Waals surface area contributed by atoms with E-state index in [1.165, 1.54) is 0 Å². The van der Waals surface area contributed by atoms with E-state index in [-0.39, 0.29) is 17.4 Å². The molecule has 19 heavy (non-hydrogen) atoms. The molecule has 0 aromatic rings. The molecule has 5 nitrogen and oxygen atoms in total. The topological polar surface area (TPSA) is 58.8 Å². The van der Waals surface area contributed by atoms with Crippen molar-refractivity contribution in [3.63, 3.8) is 0 Å². The third-order valence-electron chi connectivity index (χ3n) is 4.44. The van der Waals surface area contributed by atoms with Crippen LogP contribution < -0.4 is 5.73 Å². The van der Waals surface area contributed by atoms with E-state index < -0.39 is 5.54 Å². The number of hydrogen-bond donors (Lipinski definition) is 1. The Hall–Kier alpha value is -0.650. The zero-order chi connectivity index (χ0) is 14.8. The van der Waals surface area contributed by atoms with Gasteiger partial charge in [-0.3, -0.25) is 4.79 Å². The highest BCUT2D eigenvalue weighted by Crippen LogP contribution is 2.50. The molecule has 1 aliphatic carbocycles. The number of carbonyl (C=O) groups is 1. The van der Waals surface area contributed by atoms with Gasteiger partial charge in [0.25, 0.3) is 0 Å². The Bertz CT molecular complexity index is 331. The van der Waals surface area contributed by atoms with Crippen LogP contribution in [0.5, 0.6) is 0 Å². The number of nitrogens with zero attached hydrogens (tertiary/aromatic N) is 2. The molecule has 1 fully saturated rings. The molecule has 2 N–H and O–H groups in total. The van der Waals surface area contributed by atoms with Gasteiger partial charge in [0, 0.05) is 38.6 Å². The predicted molar refractivity (Wildman–Crippen MR) is 76.9 cm³/mol. The zero-order valence-electron chi connectivity index (χ0n) is 13.2. The molecule has 0 bridgehead atoms. The van der Waals surface area contributed by atoms with E-state index >= 15 is 0 Å². The summed E-state index contributed by atoms with van der Waals surface area (Å²) in [5, 5.41) is 0. The Labute approximate surface area is 117 Å². The molecule has 0 aromatic carbocycles. The molecular formula is C14H29N3O2. The Morgan fingerprint density at radius 1 is 1.32 bits per heavy atom. The Balaban J connectivity index is 2.66. The van der Waals surface area contributed by atoms with Crippen molar-refractivity contribution in [3.8, 4) is 0 Å². The normalized spacial score (nSPS) is 29.2. The van der Waals surface area contributed by atoms with Crippen LogP contribution in [-0.4, -0.2) is 68.2 Å². The van der Waals surface area contributed by atoms with Crippen LogP contribution in [0.1, 0.15) is 27.2 Å². The van der Waals surface area contributed by atoms with Crippen molar-refractivity contribution >= 4 is 5.91 Å². The molecular weight excluding hydrogens is 242 g/mol. The molecule has 5 heteroatoms. The standard InChI is InChI=1S/C14H29N3O2/c1-7-19-11-10-14(15,13(11,2)3)12(18)17(6)9-8-16(4)5/h11H,7-10,15H2,1-6H3. The Morgan fingerprint density at radius 3 is 2.32 bits per heavy atom. The summed E-state index contributed by atoms with van der Waals surface area (Å²) < 4.78 is 5.66. The van der Waals surface area contributed by atoms with E-state index in [9.17, 15) is 4.79 Å². The van der Waals surface area contributed by atoms with Gasteiger partial charge in [-0.25, -0.2) is 0 Å². The lowest BCUT2D eigenvalue weighted by atomic mass is 9.54. The number of amides is 1. The van der Waals surface area contributed by atoms with E-state index in [0.29, 0.717) is 19.6 Å². The molecule has 2 atom stereocenters. The number of likely N-dealkylation sites (N-methyl/N-ethyl adjacent to an activating group) is 2. The summed E-state index contributed by atoms with van der Waals surface area (Å²) in [7, 11) is 5.81. The maximum atomic E-state index is 12.6. The minimum absolute atomic E-state index is 0.0234. The molecule has 0 aromatic heterocycles. The van der Waals surface area contributed by atoms with Crippen molar-refractivity contribution in [2.24, 2.45) is 11.1 Å². The smallest absolute Gasteiger partial charge is 0.243 e. The SMILES string of the molecule is CCOC1CC(N)(C(=O)N(C)CCN(C)C)C1(C)C. The van der Waals surface area contributed by atoms with Crippen molar-refractivity contribution in [2.75, 3.05) is 40.8 Å². The fraction of sp³-hybridized carbons (Fsp3) is 0.929. The molecule has 1 aliphatic rings.